The van der Waals surface area contributed by atoms with E-state index in [-0.39, 0.29) is 12.1 Å². The largest absolute Gasteiger partial charge is 0.320 e. The maximum atomic E-state index is 13.2. The van der Waals surface area contributed by atoms with Crippen molar-refractivity contribution in [3.63, 3.8) is 0 Å². The second kappa shape index (κ2) is 8.63. The Kier molecular flexibility index (Phi) is 6.08. The van der Waals surface area contributed by atoms with Crippen LogP contribution in [0, 0.1) is 20.8 Å². The Bertz CT molecular complexity index is 1080. The minimum Gasteiger partial charge on any atom is -0.320 e. The molecule has 6 nitrogen and oxygen atoms in total. The quantitative estimate of drug-likeness (QED) is 0.711. The zero-order valence-electron chi connectivity index (χ0n) is 18.5. The molecule has 0 aromatic heterocycles. The van der Waals surface area contributed by atoms with Crippen molar-refractivity contribution in [2.75, 3.05) is 26.2 Å². The minimum absolute atomic E-state index is 0.0670. The van der Waals surface area contributed by atoms with E-state index >= 15 is 0 Å². The lowest BCUT2D eigenvalue weighted by atomic mass is 10.1. The number of nitrogens with zero attached hydrogens (tertiary/aromatic N) is 3. The number of carbonyl (C=O) groups excluding carboxylic acids is 1. The summed E-state index contributed by atoms with van der Waals surface area (Å²) in [4.78, 5) is 17.2. The predicted octanol–water partition coefficient (Wildman–Crippen LogP) is 3.70. The first-order valence-corrected chi connectivity index (χ1v) is 12.4. The van der Waals surface area contributed by atoms with Crippen LogP contribution in [0.15, 0.2) is 47.4 Å². The fourth-order valence-electron chi connectivity index (χ4n) is 4.64. The van der Waals surface area contributed by atoms with Crippen LogP contribution in [-0.4, -0.2) is 60.8 Å². The number of hydrogen-bond donors (Lipinski definition) is 0. The Balaban J connectivity index is 1.39. The van der Waals surface area contributed by atoms with Crippen LogP contribution in [0.4, 0.5) is 4.79 Å². The third kappa shape index (κ3) is 4.48. The summed E-state index contributed by atoms with van der Waals surface area (Å²) in [6, 6.07) is 14.0. The number of aryl methyl sites for hydroxylation is 3. The number of benzene rings is 2. The molecule has 4 rings (SSSR count). The van der Waals surface area contributed by atoms with Gasteiger partial charge in [-0.2, -0.15) is 4.31 Å². The number of amides is 2. The minimum atomic E-state index is -3.51. The molecular weight excluding hydrogens is 410 g/mol. The van der Waals surface area contributed by atoms with Gasteiger partial charge in [-0.15, -0.1) is 0 Å². The van der Waals surface area contributed by atoms with Gasteiger partial charge < -0.3 is 9.80 Å². The van der Waals surface area contributed by atoms with Gasteiger partial charge in [-0.1, -0.05) is 42.0 Å². The molecule has 166 valence electrons. The number of sulfonamides is 1. The van der Waals surface area contributed by atoms with Gasteiger partial charge in [-0.25, -0.2) is 13.2 Å². The first-order valence-electron chi connectivity index (χ1n) is 10.9. The first-order chi connectivity index (χ1) is 14.8. The van der Waals surface area contributed by atoms with Crippen LogP contribution >= 0.6 is 0 Å². The molecule has 0 spiro atoms. The summed E-state index contributed by atoms with van der Waals surface area (Å²) < 4.78 is 27.9. The molecular formula is C24H31N3O3S. The van der Waals surface area contributed by atoms with Gasteiger partial charge >= 0.3 is 6.03 Å². The Morgan fingerprint density at radius 3 is 2.32 bits per heavy atom. The molecule has 31 heavy (non-hydrogen) atoms. The van der Waals surface area contributed by atoms with Crippen molar-refractivity contribution < 1.29 is 13.2 Å². The lowest BCUT2D eigenvalue weighted by Crippen LogP contribution is -2.48. The summed E-state index contributed by atoms with van der Waals surface area (Å²) in [7, 11) is -3.51. The highest BCUT2D eigenvalue weighted by Gasteiger charge is 2.37. The van der Waals surface area contributed by atoms with E-state index in [0.29, 0.717) is 50.5 Å². The number of hydrogen-bond acceptors (Lipinski definition) is 3. The molecule has 0 saturated carbocycles. The van der Waals surface area contributed by atoms with Crippen molar-refractivity contribution in [3.8, 4) is 0 Å². The standard InChI is InChI=1S/C24H31N3O3S/c1-18-5-4-6-21(15-18)17-25-13-14-27(24(25)28)22-9-11-26(12-10-22)31(29,30)23-16-19(2)7-8-20(23)3/h4-8,15-16,22H,9-14,17H2,1-3H3. The molecule has 2 aromatic carbocycles. The third-order valence-corrected chi connectivity index (χ3v) is 8.45. The normalized spacial score (nSPS) is 18.7. The van der Waals surface area contributed by atoms with Crippen LogP contribution in [0.1, 0.15) is 35.1 Å². The maximum absolute atomic E-state index is 13.2. The highest BCUT2D eigenvalue weighted by Crippen LogP contribution is 2.28. The Hall–Kier alpha value is -2.38. The SMILES string of the molecule is Cc1cccc(CN2CCN(C3CCN(S(=O)(=O)c4cc(C)ccc4C)CC3)C2=O)c1. The molecule has 0 N–H and O–H groups in total. The molecule has 2 aliphatic rings. The summed E-state index contributed by atoms with van der Waals surface area (Å²) in [6.45, 7) is 8.74. The molecule has 2 aliphatic heterocycles. The summed E-state index contributed by atoms with van der Waals surface area (Å²) in [5.74, 6) is 0. The van der Waals surface area contributed by atoms with E-state index in [2.05, 4.69) is 25.1 Å². The van der Waals surface area contributed by atoms with E-state index < -0.39 is 10.0 Å². The topological polar surface area (TPSA) is 60.9 Å². The number of piperidine rings is 1. The highest BCUT2D eigenvalue weighted by atomic mass is 32.2. The lowest BCUT2D eigenvalue weighted by Gasteiger charge is -2.36. The average molecular weight is 442 g/mol. The van der Waals surface area contributed by atoms with Crippen molar-refractivity contribution in [2.45, 2.75) is 51.1 Å². The summed E-state index contributed by atoms with van der Waals surface area (Å²) in [5, 5.41) is 0. The fourth-order valence-corrected chi connectivity index (χ4v) is 6.42. The van der Waals surface area contributed by atoms with E-state index in [1.807, 2.05) is 41.8 Å². The zero-order chi connectivity index (χ0) is 22.2. The van der Waals surface area contributed by atoms with E-state index in [1.165, 1.54) is 5.56 Å². The van der Waals surface area contributed by atoms with E-state index in [1.54, 1.807) is 10.4 Å². The van der Waals surface area contributed by atoms with Gasteiger partial charge in [0, 0.05) is 38.8 Å². The maximum Gasteiger partial charge on any atom is 0.320 e. The molecule has 0 bridgehead atoms. The second-order valence-electron chi connectivity index (χ2n) is 8.79. The first kappa shape index (κ1) is 21.8. The van der Waals surface area contributed by atoms with Gasteiger partial charge in [-0.05, 0) is 56.4 Å². The summed E-state index contributed by atoms with van der Waals surface area (Å²) in [6.07, 6.45) is 1.35. The molecule has 0 unspecified atom stereocenters. The van der Waals surface area contributed by atoms with Crippen molar-refractivity contribution in [1.29, 1.82) is 0 Å². The molecule has 0 radical (unpaired) electrons. The van der Waals surface area contributed by atoms with Crippen LogP contribution in [0.25, 0.3) is 0 Å². The van der Waals surface area contributed by atoms with Crippen molar-refractivity contribution in [1.82, 2.24) is 14.1 Å². The van der Waals surface area contributed by atoms with E-state index in [4.69, 9.17) is 0 Å². The van der Waals surface area contributed by atoms with Crippen LogP contribution in [0.2, 0.25) is 0 Å². The van der Waals surface area contributed by atoms with Gasteiger partial charge in [0.25, 0.3) is 0 Å². The van der Waals surface area contributed by atoms with E-state index in [0.717, 1.165) is 16.7 Å². The van der Waals surface area contributed by atoms with Crippen LogP contribution in [0.5, 0.6) is 0 Å². The van der Waals surface area contributed by atoms with Gasteiger partial charge in [0.2, 0.25) is 10.0 Å². The molecule has 2 saturated heterocycles. The van der Waals surface area contributed by atoms with Crippen molar-refractivity contribution in [3.05, 3.63) is 64.7 Å². The zero-order valence-corrected chi connectivity index (χ0v) is 19.4. The summed E-state index contributed by atoms with van der Waals surface area (Å²) >= 11 is 0. The molecule has 2 amide bonds. The molecule has 2 fully saturated rings. The van der Waals surface area contributed by atoms with Gasteiger partial charge in [0.15, 0.2) is 0 Å². The van der Waals surface area contributed by atoms with Crippen LogP contribution in [-0.2, 0) is 16.6 Å². The number of rotatable bonds is 5. The Labute approximate surface area is 185 Å². The Morgan fingerprint density at radius 2 is 1.61 bits per heavy atom. The molecule has 0 aliphatic carbocycles. The van der Waals surface area contributed by atoms with Gasteiger partial charge in [0.1, 0.15) is 0 Å². The van der Waals surface area contributed by atoms with E-state index in [9.17, 15) is 13.2 Å². The molecule has 2 aromatic rings. The smallest absolute Gasteiger partial charge is 0.320 e. The highest BCUT2D eigenvalue weighted by molar-refractivity contribution is 7.89. The monoisotopic (exact) mass is 441 g/mol. The fraction of sp³-hybridized carbons (Fsp3) is 0.458. The predicted molar refractivity (Wildman–Crippen MR) is 121 cm³/mol. The average Bonchev–Trinajstić information content (AvgIpc) is 3.10. The lowest BCUT2D eigenvalue weighted by molar-refractivity contribution is 0.153. The van der Waals surface area contributed by atoms with Crippen LogP contribution in [0.3, 0.4) is 0 Å². The van der Waals surface area contributed by atoms with Gasteiger partial charge in [0.05, 0.1) is 4.90 Å². The Morgan fingerprint density at radius 1 is 0.903 bits per heavy atom. The number of urea groups is 1. The molecule has 0 atom stereocenters. The van der Waals surface area contributed by atoms with Crippen molar-refractivity contribution >= 4 is 16.1 Å². The van der Waals surface area contributed by atoms with Gasteiger partial charge in [-0.3, -0.25) is 0 Å². The van der Waals surface area contributed by atoms with Crippen LogP contribution < -0.4 is 0 Å². The van der Waals surface area contributed by atoms with Crippen molar-refractivity contribution in [2.24, 2.45) is 0 Å². The molecule has 2 heterocycles. The third-order valence-electron chi connectivity index (χ3n) is 6.41. The molecule has 7 heteroatoms. The second-order valence-corrected chi connectivity index (χ2v) is 10.7. The summed E-state index contributed by atoms with van der Waals surface area (Å²) in [5.41, 5.74) is 4.05. The number of carbonyl (C=O) groups is 1.